The second-order valence-corrected chi connectivity index (χ2v) is 9.26. The topological polar surface area (TPSA) is 66.7 Å². The third kappa shape index (κ3) is 4.38. The van der Waals surface area contributed by atoms with Crippen LogP contribution in [0.5, 0.6) is 0 Å². The summed E-state index contributed by atoms with van der Waals surface area (Å²) < 4.78 is 81.5. The summed E-state index contributed by atoms with van der Waals surface area (Å²) in [6.07, 6.45) is -6.92. The lowest BCUT2D eigenvalue weighted by Gasteiger charge is -2.29. The number of alkyl halides is 6. The molecule has 13 heteroatoms. The van der Waals surface area contributed by atoms with Gasteiger partial charge in [-0.05, 0) is 30.4 Å². The minimum Gasteiger partial charge on any atom is -0.339 e. The normalized spacial score (nSPS) is 22.4. The van der Waals surface area contributed by atoms with Crippen LogP contribution in [0.15, 0.2) is 48.8 Å². The number of imidazole rings is 1. The number of likely N-dealkylation sites (tertiary alicyclic amines) is 1. The molecule has 1 saturated carbocycles. The highest BCUT2D eigenvalue weighted by Crippen LogP contribution is 2.48. The number of rotatable bonds is 4. The Morgan fingerprint density at radius 3 is 2.39 bits per heavy atom. The summed E-state index contributed by atoms with van der Waals surface area (Å²) in [6.45, 7) is 0. The van der Waals surface area contributed by atoms with Gasteiger partial charge >= 0.3 is 12.4 Å². The first-order chi connectivity index (χ1) is 16.8. The predicted molar refractivity (Wildman–Crippen MR) is 115 cm³/mol. The highest BCUT2D eigenvalue weighted by molar-refractivity contribution is 6.33. The van der Waals surface area contributed by atoms with Crippen LogP contribution >= 0.6 is 11.6 Å². The van der Waals surface area contributed by atoms with Gasteiger partial charge in [0.15, 0.2) is 11.7 Å². The van der Waals surface area contributed by atoms with Crippen molar-refractivity contribution in [1.82, 2.24) is 19.6 Å². The van der Waals surface area contributed by atoms with Gasteiger partial charge in [-0.15, -0.1) is 0 Å². The van der Waals surface area contributed by atoms with Crippen LogP contribution in [-0.2, 0) is 11.0 Å². The average molecular weight is 531 g/mol. The molecule has 4 atom stereocenters. The van der Waals surface area contributed by atoms with Crippen LogP contribution in [0.1, 0.15) is 40.5 Å². The van der Waals surface area contributed by atoms with Crippen molar-refractivity contribution >= 4 is 29.1 Å². The maximum atomic E-state index is 13.7. The number of benzene rings is 1. The molecular formula is C23H17ClF6N4O2. The van der Waals surface area contributed by atoms with Gasteiger partial charge in [0.05, 0.1) is 10.6 Å². The van der Waals surface area contributed by atoms with Crippen molar-refractivity contribution in [3.05, 3.63) is 70.6 Å². The lowest BCUT2D eigenvalue weighted by molar-refractivity contribution is -0.164. The molecule has 1 aliphatic heterocycles. The van der Waals surface area contributed by atoms with Gasteiger partial charge in [-0.3, -0.25) is 9.59 Å². The monoisotopic (exact) mass is 530 g/mol. The van der Waals surface area contributed by atoms with Crippen molar-refractivity contribution in [2.24, 2.45) is 5.92 Å². The molecule has 0 bridgehead atoms. The number of nitrogens with one attached hydrogen (secondary N) is 1. The lowest BCUT2D eigenvalue weighted by Crippen LogP contribution is -2.50. The van der Waals surface area contributed by atoms with Gasteiger partial charge < -0.3 is 14.6 Å². The number of hydrogen-bond acceptors (Lipinski definition) is 3. The van der Waals surface area contributed by atoms with Gasteiger partial charge in [0.1, 0.15) is 11.7 Å². The van der Waals surface area contributed by atoms with E-state index in [1.807, 2.05) is 5.32 Å². The SMILES string of the molecule is O=C(NC(c1ccccc1)C(F)(F)F)[C@H]1C[C@H]2C[C@H]2N1C(=O)c1cn2cc(C(F)(F)F)cc(Cl)c2n1. The first kappa shape index (κ1) is 24.4. The molecule has 1 unspecified atom stereocenters. The average Bonchev–Trinajstić information content (AvgIpc) is 3.25. The number of carbonyl (C=O) groups excluding carboxylic acids is 2. The number of amides is 2. The molecule has 0 spiro atoms. The van der Waals surface area contributed by atoms with Crippen molar-refractivity contribution in [1.29, 1.82) is 0 Å². The van der Waals surface area contributed by atoms with E-state index >= 15 is 0 Å². The van der Waals surface area contributed by atoms with Crippen LogP contribution in [0.3, 0.4) is 0 Å². The van der Waals surface area contributed by atoms with Crippen LogP contribution in [-0.4, -0.2) is 44.4 Å². The number of aromatic nitrogens is 2. The summed E-state index contributed by atoms with van der Waals surface area (Å²) in [5.74, 6) is -1.79. The zero-order valence-electron chi connectivity index (χ0n) is 18.1. The van der Waals surface area contributed by atoms with Gasteiger partial charge in [0.25, 0.3) is 5.91 Å². The Bertz CT molecular complexity index is 1340. The van der Waals surface area contributed by atoms with Crippen LogP contribution in [0, 0.1) is 5.92 Å². The third-order valence-electron chi connectivity index (χ3n) is 6.44. The Morgan fingerprint density at radius 2 is 1.75 bits per heavy atom. The van der Waals surface area contributed by atoms with Crippen molar-refractivity contribution in [3.8, 4) is 0 Å². The molecule has 6 nitrogen and oxygen atoms in total. The number of fused-ring (bicyclic) bond motifs is 2. The van der Waals surface area contributed by atoms with E-state index in [1.165, 1.54) is 29.2 Å². The summed E-state index contributed by atoms with van der Waals surface area (Å²) in [7, 11) is 0. The molecule has 0 radical (unpaired) electrons. The van der Waals surface area contributed by atoms with E-state index in [4.69, 9.17) is 11.6 Å². The van der Waals surface area contributed by atoms with Crippen LogP contribution in [0.2, 0.25) is 5.02 Å². The van der Waals surface area contributed by atoms with Crippen molar-refractivity contribution < 1.29 is 35.9 Å². The smallest absolute Gasteiger partial charge is 0.339 e. The van der Waals surface area contributed by atoms with Crippen molar-refractivity contribution in [3.63, 3.8) is 0 Å². The summed E-state index contributed by atoms with van der Waals surface area (Å²) in [6, 6.07) is 3.73. The summed E-state index contributed by atoms with van der Waals surface area (Å²) in [5.41, 5.74) is -1.56. The van der Waals surface area contributed by atoms with E-state index in [1.54, 1.807) is 6.07 Å². The summed E-state index contributed by atoms with van der Waals surface area (Å²) in [4.78, 5) is 31.5. The quantitative estimate of drug-likeness (QED) is 0.481. The minimum absolute atomic E-state index is 0.0526. The fourth-order valence-electron chi connectivity index (χ4n) is 4.67. The molecule has 36 heavy (non-hydrogen) atoms. The zero-order valence-corrected chi connectivity index (χ0v) is 18.9. The first-order valence-corrected chi connectivity index (χ1v) is 11.2. The Hall–Kier alpha value is -3.28. The van der Waals surface area contributed by atoms with E-state index in [9.17, 15) is 35.9 Å². The van der Waals surface area contributed by atoms with Gasteiger partial charge in [-0.25, -0.2) is 4.98 Å². The minimum atomic E-state index is -4.78. The fraction of sp³-hybridized carbons (Fsp3) is 0.348. The second-order valence-electron chi connectivity index (χ2n) is 8.85. The van der Waals surface area contributed by atoms with Crippen LogP contribution in [0.25, 0.3) is 5.65 Å². The van der Waals surface area contributed by atoms with E-state index in [2.05, 4.69) is 4.98 Å². The molecular weight excluding hydrogens is 514 g/mol. The van der Waals surface area contributed by atoms with E-state index in [0.717, 1.165) is 16.8 Å². The van der Waals surface area contributed by atoms with Crippen LogP contribution in [0.4, 0.5) is 26.3 Å². The lowest BCUT2D eigenvalue weighted by atomic mass is 10.0. The Kier molecular flexibility index (Phi) is 5.69. The maximum Gasteiger partial charge on any atom is 0.417 e. The van der Waals surface area contributed by atoms with E-state index in [0.29, 0.717) is 12.5 Å². The number of pyridine rings is 1. The van der Waals surface area contributed by atoms with Gasteiger partial charge in [0, 0.05) is 18.4 Å². The maximum absolute atomic E-state index is 13.7. The molecule has 2 aliphatic rings. The van der Waals surface area contributed by atoms with E-state index in [-0.39, 0.29) is 40.3 Å². The summed E-state index contributed by atoms with van der Waals surface area (Å²) in [5, 5.41) is 1.69. The van der Waals surface area contributed by atoms with Gasteiger partial charge in [0.2, 0.25) is 5.91 Å². The van der Waals surface area contributed by atoms with Crippen molar-refractivity contribution in [2.75, 3.05) is 0 Å². The molecule has 2 aromatic heterocycles. The molecule has 3 heterocycles. The molecule has 1 saturated heterocycles. The molecule has 2 amide bonds. The third-order valence-corrected chi connectivity index (χ3v) is 6.72. The Balaban J connectivity index is 1.42. The van der Waals surface area contributed by atoms with Gasteiger partial charge in [-0.2, -0.15) is 26.3 Å². The molecule has 3 aromatic rings. The predicted octanol–water partition coefficient (Wildman–Crippen LogP) is 5.03. The highest BCUT2D eigenvalue weighted by atomic mass is 35.5. The highest BCUT2D eigenvalue weighted by Gasteiger charge is 2.57. The fourth-order valence-corrected chi connectivity index (χ4v) is 4.93. The number of carbonyl (C=O) groups is 2. The molecule has 1 aliphatic carbocycles. The summed E-state index contributed by atoms with van der Waals surface area (Å²) >= 11 is 5.94. The van der Waals surface area contributed by atoms with Crippen molar-refractivity contribution in [2.45, 2.75) is 43.3 Å². The molecule has 1 aromatic carbocycles. The first-order valence-electron chi connectivity index (χ1n) is 10.8. The largest absolute Gasteiger partial charge is 0.417 e. The van der Waals surface area contributed by atoms with Crippen LogP contribution < -0.4 is 5.32 Å². The number of hydrogen-bond donors (Lipinski definition) is 1. The molecule has 1 N–H and O–H groups in total. The number of halogens is 7. The Morgan fingerprint density at radius 1 is 1.06 bits per heavy atom. The number of piperidine rings is 1. The van der Waals surface area contributed by atoms with E-state index < -0.39 is 41.8 Å². The number of nitrogens with zero attached hydrogens (tertiary/aromatic N) is 3. The molecule has 190 valence electrons. The van der Waals surface area contributed by atoms with Gasteiger partial charge in [-0.1, -0.05) is 41.9 Å². The standard InChI is InChI=1S/C23H17ClF6N4O2/c24-14-8-13(22(25,26)27)9-33-10-15(31-19(14)33)21(36)34-16-6-12(16)7-17(34)20(35)32-18(23(28,29)30)11-4-2-1-3-5-11/h1-5,8-10,12,16-18H,6-7H2,(H,32,35)/t12-,16-,17-,18?/m1/s1. The zero-order chi connectivity index (χ0) is 26.0. The Labute approximate surface area is 204 Å². The molecule has 2 fully saturated rings. The second kappa shape index (κ2) is 8.39. The molecule has 5 rings (SSSR count).